The zero-order valence-corrected chi connectivity index (χ0v) is 11.8. The number of aliphatic imine (C=N–C) groups is 2. The van der Waals surface area contributed by atoms with Gasteiger partial charge in [-0.05, 0) is 48.5 Å². The summed E-state index contributed by atoms with van der Waals surface area (Å²) in [6.07, 6.45) is 3.17. The van der Waals surface area contributed by atoms with Crippen LogP contribution in [-0.4, -0.2) is 24.1 Å². The molecule has 0 bridgehead atoms. The Bertz CT molecular complexity index is 661. The lowest BCUT2D eigenvalue weighted by Gasteiger charge is -1.98. The van der Waals surface area contributed by atoms with Crippen LogP contribution < -0.4 is 11.5 Å². The van der Waals surface area contributed by atoms with Crippen LogP contribution in [0, 0.1) is 10.8 Å². The molecule has 0 heterocycles. The van der Waals surface area contributed by atoms with Gasteiger partial charge in [-0.1, -0.05) is 0 Å². The number of benzene rings is 2. The van der Waals surface area contributed by atoms with E-state index in [1.165, 1.54) is 0 Å². The number of hydrogen-bond acceptors (Lipinski definition) is 4. The third kappa shape index (κ3) is 4.11. The van der Waals surface area contributed by atoms with Gasteiger partial charge in [0.2, 0.25) is 0 Å². The van der Waals surface area contributed by atoms with Crippen LogP contribution in [0.3, 0.4) is 0 Å². The molecule has 0 aromatic heterocycles. The van der Waals surface area contributed by atoms with Crippen molar-refractivity contribution in [3.05, 3.63) is 59.7 Å². The van der Waals surface area contributed by atoms with Crippen molar-refractivity contribution in [2.45, 2.75) is 0 Å². The smallest absolute Gasteiger partial charge is 0.122 e. The Morgan fingerprint density at radius 2 is 1.00 bits per heavy atom. The van der Waals surface area contributed by atoms with E-state index in [0.717, 1.165) is 11.4 Å². The summed E-state index contributed by atoms with van der Waals surface area (Å²) in [7, 11) is 0. The van der Waals surface area contributed by atoms with Crippen LogP contribution in [0.5, 0.6) is 0 Å². The Morgan fingerprint density at radius 3 is 1.27 bits per heavy atom. The Hall–Kier alpha value is -3.28. The Kier molecular flexibility index (Phi) is 4.77. The van der Waals surface area contributed by atoms with Gasteiger partial charge in [0.1, 0.15) is 11.7 Å². The lowest BCUT2D eigenvalue weighted by Crippen LogP contribution is -2.10. The highest BCUT2D eigenvalue weighted by molar-refractivity contribution is 6.17. The first-order chi connectivity index (χ1) is 10.6. The molecule has 6 heteroatoms. The second-order valence-corrected chi connectivity index (χ2v) is 4.48. The van der Waals surface area contributed by atoms with E-state index in [1.807, 2.05) is 0 Å². The quantitative estimate of drug-likeness (QED) is 0.499. The number of nitrogens with zero attached hydrogens (tertiary/aromatic N) is 2. The topological polar surface area (TPSA) is 124 Å². The van der Waals surface area contributed by atoms with Gasteiger partial charge in [0, 0.05) is 23.6 Å². The van der Waals surface area contributed by atoms with Crippen molar-refractivity contribution in [2.24, 2.45) is 21.5 Å². The number of rotatable bonds is 5. The maximum absolute atomic E-state index is 7.31. The molecule has 0 saturated heterocycles. The van der Waals surface area contributed by atoms with Gasteiger partial charge in [-0.2, -0.15) is 0 Å². The predicted octanol–water partition coefficient (Wildman–Crippen LogP) is 2.36. The molecule has 2 rings (SSSR count). The molecular weight excluding hydrogens is 276 g/mol. The summed E-state index contributed by atoms with van der Waals surface area (Å²) >= 11 is 0. The largest absolute Gasteiger partial charge is 0.384 e. The first kappa shape index (κ1) is 15.1. The third-order valence-corrected chi connectivity index (χ3v) is 2.87. The van der Waals surface area contributed by atoms with Crippen molar-refractivity contribution in [1.29, 1.82) is 10.8 Å². The molecule has 2 aromatic carbocycles. The highest BCUT2D eigenvalue weighted by atomic mass is 14.8. The maximum atomic E-state index is 7.31. The third-order valence-electron chi connectivity index (χ3n) is 2.87. The minimum absolute atomic E-state index is 0.0334. The first-order valence-corrected chi connectivity index (χ1v) is 6.52. The molecular formula is C16H16N6. The van der Waals surface area contributed by atoms with Gasteiger partial charge in [-0.25, -0.2) is 0 Å². The van der Waals surface area contributed by atoms with E-state index < -0.39 is 0 Å². The minimum atomic E-state index is 0.0334. The molecule has 0 spiro atoms. The lowest BCUT2D eigenvalue weighted by atomic mass is 10.2. The van der Waals surface area contributed by atoms with Crippen LogP contribution in [0.15, 0.2) is 58.5 Å². The molecule has 0 fully saturated rings. The molecule has 22 heavy (non-hydrogen) atoms. The van der Waals surface area contributed by atoms with Gasteiger partial charge >= 0.3 is 0 Å². The highest BCUT2D eigenvalue weighted by Gasteiger charge is 1.95. The fourth-order valence-corrected chi connectivity index (χ4v) is 1.69. The fraction of sp³-hybridized carbons (Fsp3) is 0. The summed E-state index contributed by atoms with van der Waals surface area (Å²) in [4.78, 5) is 8.46. The van der Waals surface area contributed by atoms with E-state index in [9.17, 15) is 0 Å². The molecule has 110 valence electrons. The molecule has 0 saturated carbocycles. The molecule has 6 N–H and O–H groups in total. The van der Waals surface area contributed by atoms with Gasteiger partial charge in [0.15, 0.2) is 0 Å². The zero-order chi connectivity index (χ0) is 15.9. The van der Waals surface area contributed by atoms with E-state index in [2.05, 4.69) is 9.98 Å². The van der Waals surface area contributed by atoms with Gasteiger partial charge in [-0.15, -0.1) is 0 Å². The summed E-state index contributed by atoms with van der Waals surface area (Å²) in [5.41, 5.74) is 13.6. The molecule has 0 atom stereocenters. The summed E-state index contributed by atoms with van der Waals surface area (Å²) in [5.74, 6) is 0.0669. The number of nitrogen functional groups attached to an aromatic ring is 2. The number of nitrogens with one attached hydrogen (secondary N) is 2. The zero-order valence-electron chi connectivity index (χ0n) is 11.8. The van der Waals surface area contributed by atoms with E-state index in [4.69, 9.17) is 22.3 Å². The van der Waals surface area contributed by atoms with Gasteiger partial charge in [0.05, 0.1) is 11.4 Å². The van der Waals surface area contributed by atoms with Crippen molar-refractivity contribution < 1.29 is 0 Å². The second-order valence-electron chi connectivity index (χ2n) is 4.48. The van der Waals surface area contributed by atoms with Gasteiger partial charge < -0.3 is 11.5 Å². The molecule has 0 aliphatic carbocycles. The van der Waals surface area contributed by atoms with E-state index >= 15 is 0 Å². The van der Waals surface area contributed by atoms with Crippen LogP contribution in [0.25, 0.3) is 0 Å². The molecule has 0 radical (unpaired) electrons. The lowest BCUT2D eigenvalue weighted by molar-refractivity contribution is 1.41. The Balaban J connectivity index is 1.99. The maximum Gasteiger partial charge on any atom is 0.122 e. The molecule has 0 aliphatic rings. The predicted molar refractivity (Wildman–Crippen MR) is 91.2 cm³/mol. The van der Waals surface area contributed by atoms with E-state index in [1.54, 1.807) is 61.0 Å². The summed E-state index contributed by atoms with van der Waals surface area (Å²) in [6.45, 7) is 0. The first-order valence-electron chi connectivity index (χ1n) is 6.52. The summed E-state index contributed by atoms with van der Waals surface area (Å²) < 4.78 is 0. The van der Waals surface area contributed by atoms with Crippen LogP contribution in [-0.2, 0) is 0 Å². The highest BCUT2D eigenvalue weighted by Crippen LogP contribution is 2.13. The van der Waals surface area contributed by atoms with Gasteiger partial charge in [0.25, 0.3) is 0 Å². The number of amidine groups is 2. The number of hydrogen-bond donors (Lipinski definition) is 4. The standard InChI is InChI=1S/C16H16N6/c17-15(18)11-1-5-13(6-2-11)21-9-10-22-14-7-3-12(4-8-14)16(19)20/h1-10H,(H3,17,18)(H3,19,20). The van der Waals surface area contributed by atoms with Crippen molar-refractivity contribution in [2.75, 3.05) is 0 Å². The van der Waals surface area contributed by atoms with Crippen LogP contribution in [0.4, 0.5) is 11.4 Å². The van der Waals surface area contributed by atoms with Crippen molar-refractivity contribution in [3.8, 4) is 0 Å². The normalized spacial score (nSPS) is 11.1. The molecule has 0 amide bonds. The second kappa shape index (κ2) is 6.94. The van der Waals surface area contributed by atoms with Crippen molar-refractivity contribution in [1.82, 2.24) is 0 Å². The monoisotopic (exact) mass is 292 g/mol. The average Bonchev–Trinajstić information content (AvgIpc) is 2.52. The van der Waals surface area contributed by atoms with Crippen LogP contribution in [0.1, 0.15) is 11.1 Å². The van der Waals surface area contributed by atoms with Crippen LogP contribution >= 0.6 is 0 Å². The molecule has 2 aromatic rings. The summed E-state index contributed by atoms with van der Waals surface area (Å²) in [5, 5.41) is 14.6. The average molecular weight is 292 g/mol. The van der Waals surface area contributed by atoms with E-state index in [-0.39, 0.29) is 11.7 Å². The van der Waals surface area contributed by atoms with Crippen molar-refractivity contribution >= 4 is 35.5 Å². The Morgan fingerprint density at radius 1 is 0.682 bits per heavy atom. The van der Waals surface area contributed by atoms with Crippen molar-refractivity contribution in [3.63, 3.8) is 0 Å². The number of nitrogens with two attached hydrogens (primary N) is 2. The summed E-state index contributed by atoms with van der Waals surface area (Å²) in [6, 6.07) is 14.1. The molecule has 6 nitrogen and oxygen atoms in total. The van der Waals surface area contributed by atoms with Crippen LogP contribution in [0.2, 0.25) is 0 Å². The fourth-order valence-electron chi connectivity index (χ4n) is 1.69. The molecule has 0 unspecified atom stereocenters. The molecule has 0 aliphatic heterocycles. The SMILES string of the molecule is N=C(N)c1ccc(N=CC=Nc2ccc(C(=N)N)cc2)cc1. The Labute approximate surface area is 128 Å². The van der Waals surface area contributed by atoms with E-state index in [0.29, 0.717) is 11.1 Å². The minimum Gasteiger partial charge on any atom is -0.384 e. The van der Waals surface area contributed by atoms with Gasteiger partial charge in [-0.3, -0.25) is 20.8 Å².